The van der Waals surface area contributed by atoms with E-state index in [-0.39, 0.29) is 5.91 Å². The van der Waals surface area contributed by atoms with Gasteiger partial charge in [-0.15, -0.1) is 0 Å². The van der Waals surface area contributed by atoms with Gasteiger partial charge in [0.15, 0.2) is 0 Å². The Kier molecular flexibility index (Phi) is 4.42. The first-order chi connectivity index (χ1) is 9.13. The molecule has 0 aromatic carbocycles. The average molecular weight is 266 g/mol. The summed E-state index contributed by atoms with van der Waals surface area (Å²) >= 11 is 0. The van der Waals surface area contributed by atoms with Crippen LogP contribution in [0, 0.1) is 12.8 Å². The lowest BCUT2D eigenvalue weighted by atomic mass is 10.0. The summed E-state index contributed by atoms with van der Waals surface area (Å²) in [5.74, 6) is 0.365. The van der Waals surface area contributed by atoms with Gasteiger partial charge in [-0.1, -0.05) is 0 Å². The van der Waals surface area contributed by atoms with Crippen LogP contribution in [-0.4, -0.2) is 35.4 Å². The van der Waals surface area contributed by atoms with Crippen molar-refractivity contribution in [2.24, 2.45) is 5.92 Å². The largest absolute Gasteiger partial charge is 0.395 e. The van der Waals surface area contributed by atoms with Crippen LogP contribution in [0.3, 0.4) is 0 Å². The maximum Gasteiger partial charge on any atom is 0.271 e. The first-order valence-corrected chi connectivity index (χ1v) is 6.82. The first kappa shape index (κ1) is 13.9. The number of nitrogen functional groups attached to an aromatic ring is 1. The SMILES string of the molecule is CCn1nc(C)c(N)c1C(=O)NCC1CCOCC1. The van der Waals surface area contributed by atoms with Crippen LogP contribution in [0.2, 0.25) is 0 Å². The second-order valence-corrected chi connectivity index (χ2v) is 4.93. The molecule has 1 fully saturated rings. The number of nitrogens with zero attached hydrogens (tertiary/aromatic N) is 2. The number of rotatable bonds is 4. The van der Waals surface area contributed by atoms with Gasteiger partial charge >= 0.3 is 0 Å². The molecule has 106 valence electrons. The minimum absolute atomic E-state index is 0.133. The average Bonchev–Trinajstić information content (AvgIpc) is 2.73. The smallest absolute Gasteiger partial charge is 0.271 e. The van der Waals surface area contributed by atoms with Crippen molar-refractivity contribution >= 4 is 11.6 Å². The van der Waals surface area contributed by atoms with E-state index in [1.165, 1.54) is 0 Å². The fourth-order valence-corrected chi connectivity index (χ4v) is 2.33. The monoisotopic (exact) mass is 266 g/mol. The molecule has 19 heavy (non-hydrogen) atoms. The van der Waals surface area contributed by atoms with Crippen molar-refractivity contribution in [2.75, 3.05) is 25.5 Å². The second-order valence-electron chi connectivity index (χ2n) is 4.93. The van der Waals surface area contributed by atoms with Gasteiger partial charge in [-0.05, 0) is 32.6 Å². The topological polar surface area (TPSA) is 82.2 Å². The highest BCUT2D eigenvalue weighted by Crippen LogP contribution is 2.17. The molecule has 0 bridgehead atoms. The van der Waals surface area contributed by atoms with Gasteiger partial charge in [0.05, 0.1) is 11.4 Å². The van der Waals surface area contributed by atoms with Gasteiger partial charge in [0.1, 0.15) is 5.69 Å². The highest BCUT2D eigenvalue weighted by molar-refractivity contribution is 5.97. The van der Waals surface area contributed by atoms with Crippen molar-refractivity contribution in [1.29, 1.82) is 0 Å². The molecule has 0 unspecified atom stereocenters. The third-order valence-electron chi connectivity index (χ3n) is 3.58. The summed E-state index contributed by atoms with van der Waals surface area (Å²) in [6.07, 6.45) is 2.00. The van der Waals surface area contributed by atoms with Crippen LogP contribution in [0.15, 0.2) is 0 Å². The van der Waals surface area contributed by atoms with E-state index in [1.54, 1.807) is 4.68 Å². The van der Waals surface area contributed by atoms with E-state index in [0.717, 1.165) is 26.1 Å². The van der Waals surface area contributed by atoms with E-state index >= 15 is 0 Å². The third kappa shape index (κ3) is 3.07. The van der Waals surface area contributed by atoms with Crippen LogP contribution in [0.1, 0.15) is 35.9 Å². The molecule has 2 heterocycles. The third-order valence-corrected chi connectivity index (χ3v) is 3.58. The highest BCUT2D eigenvalue weighted by Gasteiger charge is 2.20. The molecule has 0 saturated carbocycles. The van der Waals surface area contributed by atoms with Crippen molar-refractivity contribution in [3.63, 3.8) is 0 Å². The molecular formula is C13H22N4O2. The highest BCUT2D eigenvalue weighted by atomic mass is 16.5. The Morgan fingerprint density at radius 3 is 2.84 bits per heavy atom. The lowest BCUT2D eigenvalue weighted by molar-refractivity contribution is 0.0641. The Morgan fingerprint density at radius 2 is 2.21 bits per heavy atom. The van der Waals surface area contributed by atoms with E-state index in [0.29, 0.717) is 36.1 Å². The number of amides is 1. The van der Waals surface area contributed by atoms with Crippen LogP contribution in [0.4, 0.5) is 5.69 Å². The standard InChI is InChI=1S/C13H22N4O2/c1-3-17-12(11(14)9(2)16-17)13(18)15-8-10-4-6-19-7-5-10/h10H,3-8,14H2,1-2H3,(H,15,18). The van der Waals surface area contributed by atoms with Crippen molar-refractivity contribution < 1.29 is 9.53 Å². The van der Waals surface area contributed by atoms with Crippen molar-refractivity contribution in [1.82, 2.24) is 15.1 Å². The van der Waals surface area contributed by atoms with Crippen molar-refractivity contribution in [3.05, 3.63) is 11.4 Å². The van der Waals surface area contributed by atoms with Gasteiger partial charge in [0.2, 0.25) is 0 Å². The molecule has 1 aliphatic rings. The number of anilines is 1. The zero-order valence-corrected chi connectivity index (χ0v) is 11.6. The Hall–Kier alpha value is -1.56. The molecule has 1 saturated heterocycles. The van der Waals surface area contributed by atoms with Crippen LogP contribution < -0.4 is 11.1 Å². The van der Waals surface area contributed by atoms with E-state index in [4.69, 9.17) is 10.5 Å². The van der Waals surface area contributed by atoms with Crippen LogP contribution >= 0.6 is 0 Å². The summed E-state index contributed by atoms with van der Waals surface area (Å²) in [6, 6.07) is 0. The van der Waals surface area contributed by atoms with Crippen molar-refractivity contribution in [2.45, 2.75) is 33.2 Å². The zero-order valence-electron chi connectivity index (χ0n) is 11.6. The molecule has 1 amide bonds. The summed E-state index contributed by atoms with van der Waals surface area (Å²) in [7, 11) is 0. The lowest BCUT2D eigenvalue weighted by Gasteiger charge is -2.22. The Labute approximate surface area is 113 Å². The van der Waals surface area contributed by atoms with Gasteiger partial charge in [0.25, 0.3) is 5.91 Å². The Balaban J connectivity index is 1.99. The molecule has 0 spiro atoms. The minimum Gasteiger partial charge on any atom is -0.395 e. The molecular weight excluding hydrogens is 244 g/mol. The van der Waals surface area contributed by atoms with Crippen LogP contribution in [0.25, 0.3) is 0 Å². The number of carbonyl (C=O) groups is 1. The summed E-state index contributed by atoms with van der Waals surface area (Å²) in [5, 5.41) is 7.22. The molecule has 3 N–H and O–H groups in total. The van der Waals surface area contributed by atoms with E-state index < -0.39 is 0 Å². The number of hydrogen-bond donors (Lipinski definition) is 2. The normalized spacial score (nSPS) is 16.5. The maximum atomic E-state index is 12.2. The summed E-state index contributed by atoms with van der Waals surface area (Å²) < 4.78 is 6.96. The van der Waals surface area contributed by atoms with E-state index in [9.17, 15) is 4.79 Å². The number of aromatic nitrogens is 2. The summed E-state index contributed by atoms with van der Waals surface area (Å²) in [4.78, 5) is 12.2. The second kappa shape index (κ2) is 6.06. The molecule has 2 rings (SSSR count). The zero-order chi connectivity index (χ0) is 13.8. The van der Waals surface area contributed by atoms with Crippen LogP contribution in [-0.2, 0) is 11.3 Å². The number of hydrogen-bond acceptors (Lipinski definition) is 4. The van der Waals surface area contributed by atoms with Crippen LogP contribution in [0.5, 0.6) is 0 Å². The first-order valence-electron chi connectivity index (χ1n) is 6.82. The molecule has 1 aliphatic heterocycles. The molecule has 6 nitrogen and oxygen atoms in total. The molecule has 0 atom stereocenters. The summed E-state index contributed by atoms with van der Waals surface area (Å²) in [6.45, 7) is 6.65. The summed E-state index contributed by atoms with van der Waals surface area (Å²) in [5.41, 5.74) is 7.59. The van der Waals surface area contributed by atoms with Gasteiger partial charge in [-0.3, -0.25) is 9.48 Å². The maximum absolute atomic E-state index is 12.2. The number of nitrogens with two attached hydrogens (primary N) is 1. The van der Waals surface area contributed by atoms with E-state index in [1.807, 2.05) is 13.8 Å². The lowest BCUT2D eigenvalue weighted by Crippen LogP contribution is -2.33. The fraction of sp³-hybridized carbons (Fsp3) is 0.692. The van der Waals surface area contributed by atoms with Gasteiger partial charge in [-0.25, -0.2) is 0 Å². The van der Waals surface area contributed by atoms with Gasteiger partial charge in [0, 0.05) is 26.3 Å². The predicted octanol–water partition coefficient (Wildman–Crippen LogP) is 0.950. The number of ether oxygens (including phenoxy) is 1. The molecule has 1 aromatic rings. The van der Waals surface area contributed by atoms with E-state index in [2.05, 4.69) is 10.4 Å². The predicted molar refractivity (Wildman–Crippen MR) is 72.9 cm³/mol. The number of nitrogens with one attached hydrogen (secondary N) is 1. The number of aryl methyl sites for hydroxylation is 2. The number of carbonyl (C=O) groups excluding carboxylic acids is 1. The Morgan fingerprint density at radius 1 is 1.53 bits per heavy atom. The molecule has 0 aliphatic carbocycles. The molecule has 1 aromatic heterocycles. The molecule has 6 heteroatoms. The molecule has 0 radical (unpaired) electrons. The van der Waals surface area contributed by atoms with Crippen molar-refractivity contribution in [3.8, 4) is 0 Å². The Bertz CT molecular complexity index is 450. The minimum atomic E-state index is -0.133. The quantitative estimate of drug-likeness (QED) is 0.850. The fourth-order valence-electron chi connectivity index (χ4n) is 2.33. The van der Waals surface area contributed by atoms with Gasteiger partial charge in [-0.2, -0.15) is 5.10 Å². The van der Waals surface area contributed by atoms with Gasteiger partial charge < -0.3 is 15.8 Å².